The monoisotopic (exact) mass is 324 g/mol. The maximum atomic E-state index is 9.92. The van der Waals surface area contributed by atoms with Gasteiger partial charge in [0.2, 0.25) is 5.13 Å². The molecule has 1 heterocycles. The molecule has 0 fully saturated rings. The Balaban J connectivity index is 2.16. The summed E-state index contributed by atoms with van der Waals surface area (Å²) in [5, 5.41) is 27.0. The predicted octanol–water partition coefficient (Wildman–Crippen LogP) is 3.05. The van der Waals surface area contributed by atoms with Gasteiger partial charge in [-0.1, -0.05) is 11.3 Å². The summed E-state index contributed by atoms with van der Waals surface area (Å²) in [6, 6.07) is 5.19. The van der Waals surface area contributed by atoms with Gasteiger partial charge >= 0.3 is 0 Å². The van der Waals surface area contributed by atoms with Crippen LogP contribution in [0.5, 0.6) is 5.75 Å². The van der Waals surface area contributed by atoms with Crippen molar-refractivity contribution < 1.29 is 5.11 Å². The van der Waals surface area contributed by atoms with Gasteiger partial charge in [-0.2, -0.15) is 12.6 Å². The lowest BCUT2D eigenvalue weighted by atomic mass is 10.2. The molecule has 0 radical (unpaired) electrons. The zero-order valence-corrected chi connectivity index (χ0v) is 13.6. The average Bonchev–Trinajstić information content (AvgIpc) is 2.93. The molecule has 21 heavy (non-hydrogen) atoms. The SMILES string of the molecule is CN(C)c1ccc(/N=N/c2nnc(N(C)CS)s2)c(O)c1. The van der Waals surface area contributed by atoms with Gasteiger partial charge in [-0.05, 0) is 12.1 Å². The molecule has 0 saturated carbocycles. The Kier molecular flexibility index (Phi) is 4.97. The number of aromatic nitrogens is 2. The number of phenols is 1. The van der Waals surface area contributed by atoms with Gasteiger partial charge < -0.3 is 14.9 Å². The predicted molar refractivity (Wildman–Crippen MR) is 88.8 cm³/mol. The van der Waals surface area contributed by atoms with Gasteiger partial charge in [0.05, 0.1) is 5.88 Å². The van der Waals surface area contributed by atoms with Crippen molar-refractivity contribution in [2.24, 2.45) is 10.2 Å². The summed E-state index contributed by atoms with van der Waals surface area (Å²) in [6.07, 6.45) is 0. The van der Waals surface area contributed by atoms with Gasteiger partial charge in [-0.15, -0.1) is 20.4 Å². The molecule has 0 aliphatic rings. The molecule has 1 aromatic heterocycles. The molecule has 0 aliphatic carbocycles. The van der Waals surface area contributed by atoms with Gasteiger partial charge in [0.15, 0.2) is 0 Å². The molecule has 0 spiro atoms. The number of azo groups is 1. The third-order valence-electron chi connectivity index (χ3n) is 2.66. The summed E-state index contributed by atoms with van der Waals surface area (Å²) in [5.41, 5.74) is 1.28. The number of anilines is 2. The molecule has 0 unspecified atom stereocenters. The molecule has 0 saturated heterocycles. The summed E-state index contributed by atoms with van der Waals surface area (Å²) in [6.45, 7) is 0. The minimum Gasteiger partial charge on any atom is -0.506 e. The molecule has 0 atom stereocenters. The van der Waals surface area contributed by atoms with Crippen molar-refractivity contribution in [1.29, 1.82) is 0 Å². The van der Waals surface area contributed by atoms with E-state index in [-0.39, 0.29) is 5.75 Å². The zero-order chi connectivity index (χ0) is 15.4. The average molecular weight is 324 g/mol. The number of nitrogens with zero attached hydrogens (tertiary/aromatic N) is 6. The van der Waals surface area contributed by atoms with Crippen LogP contribution in [0.15, 0.2) is 28.4 Å². The van der Waals surface area contributed by atoms with Crippen LogP contribution < -0.4 is 9.80 Å². The van der Waals surface area contributed by atoms with E-state index in [0.29, 0.717) is 21.8 Å². The number of rotatable bonds is 5. The highest BCUT2D eigenvalue weighted by Crippen LogP contribution is 2.33. The van der Waals surface area contributed by atoms with E-state index in [9.17, 15) is 5.11 Å². The fourth-order valence-electron chi connectivity index (χ4n) is 1.43. The van der Waals surface area contributed by atoms with E-state index < -0.39 is 0 Å². The van der Waals surface area contributed by atoms with E-state index in [1.165, 1.54) is 11.3 Å². The lowest BCUT2D eigenvalue weighted by Gasteiger charge is -2.12. The van der Waals surface area contributed by atoms with Crippen LogP contribution in [-0.2, 0) is 0 Å². The molecule has 1 N–H and O–H groups in total. The molecule has 112 valence electrons. The summed E-state index contributed by atoms with van der Waals surface area (Å²) >= 11 is 5.46. The Morgan fingerprint density at radius 3 is 2.62 bits per heavy atom. The van der Waals surface area contributed by atoms with Crippen molar-refractivity contribution in [1.82, 2.24) is 10.2 Å². The van der Waals surface area contributed by atoms with Gasteiger partial charge in [-0.3, -0.25) is 0 Å². The van der Waals surface area contributed by atoms with E-state index in [0.717, 1.165) is 5.69 Å². The number of hydrogen-bond acceptors (Lipinski definition) is 9. The minimum absolute atomic E-state index is 0.0714. The van der Waals surface area contributed by atoms with Crippen LogP contribution in [0.3, 0.4) is 0 Å². The second kappa shape index (κ2) is 6.72. The highest BCUT2D eigenvalue weighted by molar-refractivity contribution is 7.80. The molecular formula is C12H16N6OS2. The van der Waals surface area contributed by atoms with Crippen LogP contribution in [0.25, 0.3) is 0 Å². The van der Waals surface area contributed by atoms with Crippen molar-refractivity contribution in [2.45, 2.75) is 0 Å². The van der Waals surface area contributed by atoms with Crippen molar-refractivity contribution in [3.8, 4) is 5.75 Å². The van der Waals surface area contributed by atoms with Crippen LogP contribution >= 0.6 is 24.0 Å². The molecule has 9 heteroatoms. The summed E-state index contributed by atoms with van der Waals surface area (Å²) in [5.74, 6) is 0.612. The lowest BCUT2D eigenvalue weighted by Crippen LogP contribution is -2.13. The summed E-state index contributed by atoms with van der Waals surface area (Å²) < 4.78 is 0. The molecule has 0 amide bonds. The first-order valence-electron chi connectivity index (χ1n) is 6.09. The molecule has 2 rings (SSSR count). The Morgan fingerprint density at radius 2 is 2.00 bits per heavy atom. The van der Waals surface area contributed by atoms with E-state index in [2.05, 4.69) is 33.1 Å². The van der Waals surface area contributed by atoms with Crippen LogP contribution in [0, 0.1) is 0 Å². The van der Waals surface area contributed by atoms with E-state index in [1.807, 2.05) is 37.0 Å². The van der Waals surface area contributed by atoms with Crippen molar-refractivity contribution in [3.05, 3.63) is 18.2 Å². The maximum Gasteiger partial charge on any atom is 0.253 e. The molecule has 1 aromatic carbocycles. The van der Waals surface area contributed by atoms with Crippen molar-refractivity contribution in [3.63, 3.8) is 0 Å². The summed E-state index contributed by atoms with van der Waals surface area (Å²) in [4.78, 5) is 3.73. The highest BCUT2D eigenvalue weighted by Gasteiger charge is 2.07. The standard InChI is InChI=1S/C12H16N6OS2/c1-17(2)8-4-5-9(10(19)6-8)13-14-11-15-16-12(21-11)18(3)7-20/h4-6,19-20H,7H2,1-3H3/b14-13+. The first-order chi connectivity index (χ1) is 10.0. The third kappa shape index (κ3) is 3.82. The molecule has 2 aromatic rings. The minimum atomic E-state index is 0.0714. The third-order valence-corrected chi connectivity index (χ3v) is 4.01. The number of thiol groups is 1. The van der Waals surface area contributed by atoms with Crippen LogP contribution in [0.1, 0.15) is 0 Å². The van der Waals surface area contributed by atoms with E-state index >= 15 is 0 Å². The largest absolute Gasteiger partial charge is 0.506 e. The topological polar surface area (TPSA) is 77.2 Å². The molecule has 0 bridgehead atoms. The lowest BCUT2D eigenvalue weighted by molar-refractivity contribution is 0.476. The summed E-state index contributed by atoms with van der Waals surface area (Å²) in [7, 11) is 5.66. The van der Waals surface area contributed by atoms with E-state index in [4.69, 9.17) is 0 Å². The quantitative estimate of drug-likeness (QED) is 0.502. The Bertz CT molecular complexity index is 642. The second-order valence-electron chi connectivity index (χ2n) is 4.47. The number of phenolic OH excluding ortho intramolecular Hbond substituents is 1. The van der Waals surface area contributed by atoms with Gasteiger partial charge in [0.25, 0.3) is 5.13 Å². The smallest absolute Gasteiger partial charge is 0.253 e. The molecule has 0 aliphatic heterocycles. The van der Waals surface area contributed by atoms with Gasteiger partial charge in [0, 0.05) is 32.9 Å². The maximum absolute atomic E-state index is 9.92. The van der Waals surface area contributed by atoms with Gasteiger partial charge in [-0.25, -0.2) is 0 Å². The Labute approximate surface area is 132 Å². The Hall–Kier alpha value is -1.87. The van der Waals surface area contributed by atoms with Gasteiger partial charge in [0.1, 0.15) is 11.4 Å². The van der Waals surface area contributed by atoms with Crippen LogP contribution in [0.4, 0.5) is 21.6 Å². The van der Waals surface area contributed by atoms with Crippen molar-refractivity contribution >= 4 is 45.6 Å². The van der Waals surface area contributed by atoms with Crippen LogP contribution in [-0.4, -0.2) is 42.3 Å². The van der Waals surface area contributed by atoms with Crippen molar-refractivity contribution in [2.75, 3.05) is 36.8 Å². The van der Waals surface area contributed by atoms with E-state index in [1.54, 1.807) is 12.1 Å². The normalized spacial score (nSPS) is 11.0. The Morgan fingerprint density at radius 1 is 1.24 bits per heavy atom. The molecular weight excluding hydrogens is 308 g/mol. The molecule has 7 nitrogen and oxygen atoms in total. The first kappa shape index (κ1) is 15.5. The second-order valence-corrected chi connectivity index (χ2v) is 5.69. The number of aromatic hydroxyl groups is 1. The fraction of sp³-hybridized carbons (Fsp3) is 0.333. The highest BCUT2D eigenvalue weighted by atomic mass is 32.1. The number of benzene rings is 1. The first-order valence-corrected chi connectivity index (χ1v) is 7.53. The fourth-order valence-corrected chi connectivity index (χ4v) is 2.29. The number of hydrogen-bond donors (Lipinski definition) is 2. The zero-order valence-electron chi connectivity index (χ0n) is 11.9. The van der Waals surface area contributed by atoms with Crippen LogP contribution in [0.2, 0.25) is 0 Å².